The maximum Gasteiger partial charge on any atom is 0.246 e. The summed E-state index contributed by atoms with van der Waals surface area (Å²) in [6.07, 6.45) is 5.40. The molecule has 4 nitrogen and oxygen atoms in total. The molecule has 4 heteroatoms. The van der Waals surface area contributed by atoms with Crippen LogP contribution in [0.5, 0.6) is 5.75 Å². The van der Waals surface area contributed by atoms with E-state index in [4.69, 9.17) is 5.11 Å². The standard InChI is InChI=1S/C15H17NO3/c17-13-6-1-11(2-7-13)3-8-14(18)16-9-15(19,10-16)12-4-5-12/h1-3,6-8,12,17,19H,4-5,9-10H2. The Kier molecular flexibility index (Phi) is 2.82. The molecule has 0 bridgehead atoms. The van der Waals surface area contributed by atoms with Gasteiger partial charge in [0.25, 0.3) is 0 Å². The molecule has 1 heterocycles. The van der Waals surface area contributed by atoms with Crippen molar-refractivity contribution < 1.29 is 15.0 Å². The molecule has 1 saturated heterocycles. The molecule has 0 spiro atoms. The van der Waals surface area contributed by atoms with E-state index >= 15 is 0 Å². The van der Waals surface area contributed by atoms with E-state index in [1.165, 1.54) is 6.08 Å². The normalized spacial score (nSPS) is 21.4. The first-order valence-electron chi connectivity index (χ1n) is 6.55. The number of likely N-dealkylation sites (tertiary alicyclic amines) is 1. The second-order valence-corrected chi connectivity index (χ2v) is 5.50. The molecule has 1 saturated carbocycles. The lowest BCUT2D eigenvalue weighted by Gasteiger charge is -2.46. The summed E-state index contributed by atoms with van der Waals surface area (Å²) in [6, 6.07) is 6.66. The highest BCUT2D eigenvalue weighted by molar-refractivity contribution is 5.92. The van der Waals surface area contributed by atoms with E-state index in [0.29, 0.717) is 19.0 Å². The molecule has 3 rings (SSSR count). The van der Waals surface area contributed by atoms with E-state index in [2.05, 4.69) is 0 Å². The number of rotatable bonds is 3. The van der Waals surface area contributed by atoms with Crippen LogP contribution in [0.4, 0.5) is 0 Å². The van der Waals surface area contributed by atoms with Crippen molar-refractivity contribution in [3.05, 3.63) is 35.9 Å². The average Bonchev–Trinajstić information content (AvgIpc) is 3.18. The minimum Gasteiger partial charge on any atom is -0.508 e. The third-order valence-corrected chi connectivity index (χ3v) is 3.89. The number of phenolic OH excluding ortho intramolecular Hbond substituents is 1. The van der Waals surface area contributed by atoms with Gasteiger partial charge in [0.05, 0.1) is 13.1 Å². The molecule has 2 aliphatic rings. The lowest BCUT2D eigenvalue weighted by molar-refractivity contribution is -0.154. The van der Waals surface area contributed by atoms with E-state index < -0.39 is 5.60 Å². The van der Waals surface area contributed by atoms with Crippen molar-refractivity contribution in [1.82, 2.24) is 4.90 Å². The van der Waals surface area contributed by atoms with Crippen LogP contribution in [0, 0.1) is 5.92 Å². The fraction of sp³-hybridized carbons (Fsp3) is 0.400. The molecule has 2 N–H and O–H groups in total. The third-order valence-electron chi connectivity index (χ3n) is 3.89. The number of aliphatic hydroxyl groups is 1. The van der Waals surface area contributed by atoms with Gasteiger partial charge < -0.3 is 15.1 Å². The van der Waals surface area contributed by atoms with E-state index in [-0.39, 0.29) is 11.7 Å². The minimum absolute atomic E-state index is 0.0709. The summed E-state index contributed by atoms with van der Waals surface area (Å²) in [5.74, 6) is 0.539. The zero-order valence-electron chi connectivity index (χ0n) is 10.6. The summed E-state index contributed by atoms with van der Waals surface area (Å²) < 4.78 is 0. The van der Waals surface area contributed by atoms with Crippen LogP contribution in [-0.4, -0.2) is 39.7 Å². The van der Waals surface area contributed by atoms with Gasteiger partial charge in [0.1, 0.15) is 11.4 Å². The zero-order chi connectivity index (χ0) is 13.5. The van der Waals surface area contributed by atoms with Crippen molar-refractivity contribution in [1.29, 1.82) is 0 Å². The Hall–Kier alpha value is -1.81. The number of hydrogen-bond donors (Lipinski definition) is 2. The number of amides is 1. The Labute approximate surface area is 112 Å². The minimum atomic E-state index is -0.623. The number of carbonyl (C=O) groups is 1. The number of β-amino-alcohol motifs (C(OH)–C–C–N with tert-alkyl or cyclic N) is 1. The van der Waals surface area contributed by atoms with Crippen LogP contribution in [-0.2, 0) is 4.79 Å². The lowest BCUT2D eigenvalue weighted by Crippen LogP contribution is -2.64. The van der Waals surface area contributed by atoms with E-state index in [0.717, 1.165) is 18.4 Å². The molecule has 0 radical (unpaired) electrons. The Balaban J connectivity index is 1.56. The highest BCUT2D eigenvalue weighted by atomic mass is 16.3. The SMILES string of the molecule is O=C(C=Cc1ccc(O)cc1)N1CC(O)(C2CC2)C1. The highest BCUT2D eigenvalue weighted by Gasteiger charge is 2.52. The van der Waals surface area contributed by atoms with Gasteiger partial charge in [0.2, 0.25) is 5.91 Å². The number of nitrogens with zero attached hydrogens (tertiary/aromatic N) is 1. The van der Waals surface area contributed by atoms with Crippen LogP contribution < -0.4 is 0 Å². The van der Waals surface area contributed by atoms with Crippen LogP contribution in [0.15, 0.2) is 30.3 Å². The molecule has 1 aromatic carbocycles. The predicted molar refractivity (Wildman–Crippen MR) is 71.4 cm³/mol. The van der Waals surface area contributed by atoms with Gasteiger partial charge >= 0.3 is 0 Å². The number of hydrogen-bond acceptors (Lipinski definition) is 3. The van der Waals surface area contributed by atoms with E-state index in [9.17, 15) is 9.90 Å². The van der Waals surface area contributed by atoms with Crippen LogP contribution in [0.2, 0.25) is 0 Å². The molecule has 0 unspecified atom stereocenters. The number of benzene rings is 1. The van der Waals surface area contributed by atoms with Gasteiger partial charge in [0.15, 0.2) is 0 Å². The molecule has 100 valence electrons. The summed E-state index contributed by atoms with van der Waals surface area (Å²) in [4.78, 5) is 13.5. The van der Waals surface area contributed by atoms with Gasteiger partial charge in [-0.05, 0) is 42.5 Å². The highest BCUT2D eigenvalue weighted by Crippen LogP contribution is 2.44. The van der Waals surface area contributed by atoms with Gasteiger partial charge in [-0.25, -0.2) is 0 Å². The maximum absolute atomic E-state index is 11.9. The van der Waals surface area contributed by atoms with Crippen LogP contribution in [0.1, 0.15) is 18.4 Å². The van der Waals surface area contributed by atoms with E-state index in [1.54, 1.807) is 35.2 Å². The monoisotopic (exact) mass is 259 g/mol. The quantitative estimate of drug-likeness (QED) is 0.806. The first kappa shape index (κ1) is 12.2. The molecule has 1 aliphatic carbocycles. The molecule has 1 aliphatic heterocycles. The van der Waals surface area contributed by atoms with Crippen molar-refractivity contribution in [2.45, 2.75) is 18.4 Å². The fourth-order valence-corrected chi connectivity index (χ4v) is 2.51. The smallest absolute Gasteiger partial charge is 0.246 e. The summed E-state index contributed by atoms with van der Waals surface area (Å²) in [5, 5.41) is 19.3. The lowest BCUT2D eigenvalue weighted by atomic mass is 9.88. The summed E-state index contributed by atoms with van der Waals surface area (Å²) in [5.41, 5.74) is 0.242. The van der Waals surface area contributed by atoms with Gasteiger partial charge in [-0.2, -0.15) is 0 Å². The van der Waals surface area contributed by atoms with E-state index in [1.807, 2.05) is 0 Å². The summed E-state index contributed by atoms with van der Waals surface area (Å²) in [7, 11) is 0. The third kappa shape index (κ3) is 2.49. The number of carbonyl (C=O) groups excluding carboxylic acids is 1. The second kappa shape index (κ2) is 4.38. The zero-order valence-corrected chi connectivity index (χ0v) is 10.6. The Morgan fingerprint density at radius 1 is 1.26 bits per heavy atom. The molecule has 19 heavy (non-hydrogen) atoms. The molecule has 0 atom stereocenters. The molecule has 1 amide bonds. The van der Waals surface area contributed by atoms with Gasteiger partial charge in [-0.3, -0.25) is 4.79 Å². The predicted octanol–water partition coefficient (Wildman–Crippen LogP) is 1.39. The van der Waals surface area contributed by atoms with Gasteiger partial charge in [-0.15, -0.1) is 0 Å². The molecular formula is C15H17NO3. The molecule has 1 aromatic rings. The largest absolute Gasteiger partial charge is 0.508 e. The van der Waals surface area contributed by atoms with Crippen molar-refractivity contribution in [3.8, 4) is 5.75 Å². The Morgan fingerprint density at radius 3 is 2.47 bits per heavy atom. The summed E-state index contributed by atoms with van der Waals surface area (Å²) in [6.45, 7) is 0.910. The van der Waals surface area contributed by atoms with Crippen LogP contribution in [0.3, 0.4) is 0 Å². The van der Waals surface area contributed by atoms with Crippen molar-refractivity contribution in [2.24, 2.45) is 5.92 Å². The molecular weight excluding hydrogens is 242 g/mol. The van der Waals surface area contributed by atoms with Crippen molar-refractivity contribution >= 4 is 12.0 Å². The van der Waals surface area contributed by atoms with Gasteiger partial charge in [-0.1, -0.05) is 12.1 Å². The maximum atomic E-state index is 11.9. The second-order valence-electron chi connectivity index (χ2n) is 5.50. The average molecular weight is 259 g/mol. The van der Waals surface area contributed by atoms with Crippen molar-refractivity contribution in [3.63, 3.8) is 0 Å². The summed E-state index contributed by atoms with van der Waals surface area (Å²) >= 11 is 0. The van der Waals surface area contributed by atoms with Crippen molar-refractivity contribution in [2.75, 3.05) is 13.1 Å². The van der Waals surface area contributed by atoms with Crippen LogP contribution in [0.25, 0.3) is 6.08 Å². The molecule has 0 aromatic heterocycles. The number of aromatic hydroxyl groups is 1. The number of phenols is 1. The van der Waals surface area contributed by atoms with Gasteiger partial charge in [0, 0.05) is 6.08 Å². The first-order valence-corrected chi connectivity index (χ1v) is 6.55. The first-order chi connectivity index (χ1) is 9.07. The van der Waals surface area contributed by atoms with Crippen LogP contribution >= 0.6 is 0 Å². The fourth-order valence-electron chi connectivity index (χ4n) is 2.51. The Morgan fingerprint density at radius 2 is 1.89 bits per heavy atom. The Bertz CT molecular complexity index is 511. The topological polar surface area (TPSA) is 60.8 Å². The molecule has 2 fully saturated rings.